The van der Waals surface area contributed by atoms with Crippen LogP contribution in [0.25, 0.3) is 27.5 Å². The highest BCUT2D eigenvalue weighted by Gasteiger charge is 2.12. The Bertz CT molecular complexity index is 1240. The number of rotatable bonds is 3. The van der Waals surface area contributed by atoms with Gasteiger partial charge in [-0.05, 0) is 60.7 Å². The van der Waals surface area contributed by atoms with E-state index in [1.165, 1.54) is 21.8 Å². The molecule has 0 radical (unpaired) electrons. The summed E-state index contributed by atoms with van der Waals surface area (Å²) in [5.41, 5.74) is 3.50. The van der Waals surface area contributed by atoms with Crippen molar-refractivity contribution in [3.8, 4) is 17.2 Å². The lowest BCUT2D eigenvalue weighted by Gasteiger charge is -2.10. The average Bonchev–Trinajstić information content (AvgIpc) is 3.03. The minimum Gasteiger partial charge on any atom is -0.457 e. The van der Waals surface area contributed by atoms with Gasteiger partial charge in [0.2, 0.25) is 0 Å². The average molecular weight is 414 g/mol. The highest BCUT2D eigenvalue weighted by atomic mass is 79.9. The Hall–Kier alpha value is -3.04. The van der Waals surface area contributed by atoms with E-state index in [0.29, 0.717) is 0 Å². The molecule has 0 aliphatic carbocycles. The summed E-state index contributed by atoms with van der Waals surface area (Å²) in [6, 6.07) is 33.0. The number of para-hydroxylation sites is 2. The van der Waals surface area contributed by atoms with Crippen LogP contribution in [0.5, 0.6) is 11.5 Å². The summed E-state index contributed by atoms with van der Waals surface area (Å²) < 4.78 is 9.31. The molecule has 0 bridgehead atoms. The lowest BCUT2D eigenvalue weighted by molar-refractivity contribution is 0.482. The molecule has 4 aromatic carbocycles. The molecule has 0 spiro atoms. The lowest BCUT2D eigenvalue weighted by atomic mass is 10.2. The minimum absolute atomic E-state index is 0.827. The fourth-order valence-corrected chi connectivity index (χ4v) is 3.87. The first kappa shape index (κ1) is 16.2. The molecule has 2 nitrogen and oxygen atoms in total. The van der Waals surface area contributed by atoms with Gasteiger partial charge >= 0.3 is 0 Å². The Morgan fingerprint density at radius 3 is 2.07 bits per heavy atom. The van der Waals surface area contributed by atoms with Crippen molar-refractivity contribution >= 4 is 37.7 Å². The fourth-order valence-electron chi connectivity index (χ4n) is 3.51. The van der Waals surface area contributed by atoms with Crippen molar-refractivity contribution in [2.45, 2.75) is 0 Å². The topological polar surface area (TPSA) is 14.2 Å². The largest absolute Gasteiger partial charge is 0.457 e. The van der Waals surface area contributed by atoms with E-state index >= 15 is 0 Å². The maximum absolute atomic E-state index is 5.93. The number of halogens is 1. The second-order valence-electron chi connectivity index (χ2n) is 6.42. The van der Waals surface area contributed by atoms with E-state index < -0.39 is 0 Å². The molecule has 1 heterocycles. The molecule has 0 saturated carbocycles. The molecule has 0 aliphatic rings. The maximum atomic E-state index is 5.93. The molecule has 0 amide bonds. The monoisotopic (exact) mass is 413 g/mol. The summed E-state index contributed by atoms with van der Waals surface area (Å²) in [5, 5.41) is 2.49. The molecular weight excluding hydrogens is 398 g/mol. The van der Waals surface area contributed by atoms with Crippen molar-refractivity contribution in [2.75, 3.05) is 0 Å². The summed E-state index contributed by atoms with van der Waals surface area (Å²) in [6.45, 7) is 0. The van der Waals surface area contributed by atoms with Crippen molar-refractivity contribution < 1.29 is 4.74 Å². The second kappa shape index (κ2) is 6.60. The van der Waals surface area contributed by atoms with Crippen LogP contribution in [-0.4, -0.2) is 4.57 Å². The first-order valence-electron chi connectivity index (χ1n) is 8.82. The van der Waals surface area contributed by atoms with Crippen molar-refractivity contribution in [3.63, 3.8) is 0 Å². The van der Waals surface area contributed by atoms with E-state index in [1.54, 1.807) is 0 Å². The van der Waals surface area contributed by atoms with Crippen LogP contribution in [0, 0.1) is 0 Å². The Balaban J connectivity index is 1.62. The third-order valence-corrected chi connectivity index (χ3v) is 5.20. The molecule has 0 N–H and O–H groups in total. The van der Waals surface area contributed by atoms with Crippen molar-refractivity contribution in [2.24, 2.45) is 0 Å². The Labute approximate surface area is 165 Å². The molecule has 1 aromatic heterocycles. The number of nitrogens with zero attached hydrogens (tertiary/aromatic N) is 1. The van der Waals surface area contributed by atoms with E-state index in [0.717, 1.165) is 21.7 Å². The highest BCUT2D eigenvalue weighted by molar-refractivity contribution is 9.10. The molecule has 0 saturated heterocycles. The van der Waals surface area contributed by atoms with Crippen LogP contribution in [0.1, 0.15) is 0 Å². The lowest BCUT2D eigenvalue weighted by Crippen LogP contribution is -1.93. The van der Waals surface area contributed by atoms with Crippen LogP contribution in [0.3, 0.4) is 0 Å². The van der Waals surface area contributed by atoms with E-state index in [1.807, 2.05) is 42.5 Å². The third kappa shape index (κ3) is 2.90. The number of ether oxygens (including phenoxy) is 1. The number of aromatic nitrogens is 1. The van der Waals surface area contributed by atoms with Crippen LogP contribution >= 0.6 is 15.9 Å². The number of fused-ring (bicyclic) bond motifs is 3. The predicted octanol–water partition coefficient (Wildman–Crippen LogP) is 7.34. The predicted molar refractivity (Wildman–Crippen MR) is 115 cm³/mol. The molecule has 0 atom stereocenters. The minimum atomic E-state index is 0.827. The van der Waals surface area contributed by atoms with E-state index in [-0.39, 0.29) is 0 Å². The number of hydrogen-bond acceptors (Lipinski definition) is 1. The molecular formula is C24H16BrNO. The van der Waals surface area contributed by atoms with Gasteiger partial charge < -0.3 is 9.30 Å². The molecule has 0 unspecified atom stereocenters. The summed E-state index contributed by atoms with van der Waals surface area (Å²) in [4.78, 5) is 0. The standard InChI is InChI=1S/C24H16BrNO/c25-17-10-15-24-22(16-17)21-8-4-5-9-23(21)26(24)18-11-13-20(14-12-18)27-19-6-2-1-3-7-19/h1-16H. The van der Waals surface area contributed by atoms with Gasteiger partial charge in [-0.25, -0.2) is 0 Å². The van der Waals surface area contributed by atoms with Crippen molar-refractivity contribution in [3.05, 3.63) is 102 Å². The van der Waals surface area contributed by atoms with Gasteiger partial charge in [0, 0.05) is 20.9 Å². The number of benzene rings is 4. The van der Waals surface area contributed by atoms with Gasteiger partial charge in [0.1, 0.15) is 11.5 Å². The molecule has 3 heteroatoms. The molecule has 27 heavy (non-hydrogen) atoms. The van der Waals surface area contributed by atoms with Crippen LogP contribution in [-0.2, 0) is 0 Å². The summed E-state index contributed by atoms with van der Waals surface area (Å²) >= 11 is 3.60. The zero-order chi connectivity index (χ0) is 18.2. The van der Waals surface area contributed by atoms with Gasteiger partial charge in [0.25, 0.3) is 0 Å². The summed E-state index contributed by atoms with van der Waals surface area (Å²) in [5.74, 6) is 1.67. The van der Waals surface area contributed by atoms with Gasteiger partial charge in [0.05, 0.1) is 11.0 Å². The van der Waals surface area contributed by atoms with Crippen LogP contribution in [0.4, 0.5) is 0 Å². The highest BCUT2D eigenvalue weighted by Crippen LogP contribution is 2.34. The van der Waals surface area contributed by atoms with E-state index in [9.17, 15) is 0 Å². The van der Waals surface area contributed by atoms with Gasteiger partial charge in [-0.15, -0.1) is 0 Å². The Morgan fingerprint density at radius 2 is 1.26 bits per heavy atom. The quantitative estimate of drug-likeness (QED) is 0.301. The van der Waals surface area contributed by atoms with Gasteiger partial charge in [-0.2, -0.15) is 0 Å². The van der Waals surface area contributed by atoms with Gasteiger partial charge in [-0.1, -0.05) is 52.3 Å². The SMILES string of the molecule is Brc1ccc2c(c1)c1ccccc1n2-c1ccc(Oc2ccccc2)cc1. The maximum Gasteiger partial charge on any atom is 0.127 e. The molecule has 0 aliphatic heterocycles. The van der Waals surface area contributed by atoms with Crippen LogP contribution in [0.2, 0.25) is 0 Å². The molecule has 0 fully saturated rings. The third-order valence-electron chi connectivity index (χ3n) is 4.71. The number of hydrogen-bond donors (Lipinski definition) is 0. The second-order valence-corrected chi connectivity index (χ2v) is 7.34. The van der Waals surface area contributed by atoms with Crippen LogP contribution < -0.4 is 4.74 Å². The molecule has 5 rings (SSSR count). The zero-order valence-electron chi connectivity index (χ0n) is 14.5. The van der Waals surface area contributed by atoms with Gasteiger partial charge in [-0.3, -0.25) is 0 Å². The van der Waals surface area contributed by atoms with E-state index in [4.69, 9.17) is 4.74 Å². The van der Waals surface area contributed by atoms with Crippen molar-refractivity contribution in [1.29, 1.82) is 0 Å². The zero-order valence-corrected chi connectivity index (χ0v) is 16.1. The normalized spacial score (nSPS) is 11.1. The van der Waals surface area contributed by atoms with Crippen LogP contribution in [0.15, 0.2) is 102 Å². The van der Waals surface area contributed by atoms with Gasteiger partial charge in [0.15, 0.2) is 0 Å². The fraction of sp³-hybridized carbons (Fsp3) is 0. The summed E-state index contributed by atoms with van der Waals surface area (Å²) in [6.07, 6.45) is 0. The van der Waals surface area contributed by atoms with Crippen molar-refractivity contribution in [1.82, 2.24) is 4.57 Å². The van der Waals surface area contributed by atoms with E-state index in [2.05, 4.69) is 75.1 Å². The smallest absolute Gasteiger partial charge is 0.127 e. The Kier molecular flexibility index (Phi) is 3.95. The molecule has 130 valence electrons. The Morgan fingerprint density at radius 1 is 0.593 bits per heavy atom. The summed E-state index contributed by atoms with van der Waals surface area (Å²) in [7, 11) is 0. The first-order valence-corrected chi connectivity index (χ1v) is 9.61. The first-order chi connectivity index (χ1) is 13.3. The molecule has 5 aromatic rings.